The van der Waals surface area contributed by atoms with Crippen LogP contribution in [0.5, 0.6) is 0 Å². The lowest BCUT2D eigenvalue weighted by Gasteiger charge is -2.60. The number of para-hydroxylation sites is 1. The molecule has 5 aromatic rings. The number of nitrogens with one attached hydrogen (secondary N) is 1. The van der Waals surface area contributed by atoms with Gasteiger partial charge in [-0.2, -0.15) is 5.10 Å². The van der Waals surface area contributed by atoms with Crippen LogP contribution in [0.1, 0.15) is 91.3 Å². The quantitative estimate of drug-likeness (QED) is 0.165. The molecular formula is C41H44N6O4S. The maximum atomic E-state index is 13.8. The second kappa shape index (κ2) is 12.2. The number of fused-ring (bicyclic) bond motifs is 2. The molecule has 4 bridgehead atoms. The number of amides is 1. The molecule has 4 heterocycles. The molecule has 2 aromatic carbocycles. The van der Waals surface area contributed by atoms with E-state index in [-0.39, 0.29) is 17.0 Å². The van der Waals surface area contributed by atoms with Gasteiger partial charge in [0.25, 0.3) is 5.91 Å². The maximum absolute atomic E-state index is 13.8. The highest BCUT2D eigenvalue weighted by Gasteiger charge is 2.57. The lowest BCUT2D eigenvalue weighted by Crippen LogP contribution is -2.56. The zero-order valence-electron chi connectivity index (χ0n) is 29.9. The van der Waals surface area contributed by atoms with Crippen molar-refractivity contribution in [2.75, 3.05) is 16.8 Å². The average molecular weight is 717 g/mol. The Balaban J connectivity index is 0.990. The van der Waals surface area contributed by atoms with Gasteiger partial charge in [-0.25, -0.2) is 14.8 Å². The zero-order chi connectivity index (χ0) is 35.8. The molecule has 2 atom stereocenters. The number of anilines is 2. The van der Waals surface area contributed by atoms with E-state index < -0.39 is 17.2 Å². The number of carbonyl (C=O) groups excluding carboxylic acids is 2. The predicted octanol–water partition coefficient (Wildman–Crippen LogP) is 7.66. The molecule has 4 aliphatic carbocycles. The molecule has 1 amide bonds. The summed E-state index contributed by atoms with van der Waals surface area (Å²) in [5.74, 6) is 1.15. The van der Waals surface area contributed by atoms with Crippen LogP contribution < -0.4 is 10.2 Å². The highest BCUT2D eigenvalue weighted by atomic mass is 32.1. The number of rotatable bonds is 7. The summed E-state index contributed by atoms with van der Waals surface area (Å²) in [6.45, 7) is 7.48. The van der Waals surface area contributed by atoms with Crippen molar-refractivity contribution in [1.29, 1.82) is 0 Å². The summed E-state index contributed by atoms with van der Waals surface area (Å²) in [7, 11) is 0. The standard InChI is InChI=1S/C41H44N6O4S/c1-39(2,3)51-37(49)35-29(28-20-42-47(21-28)24-40-16-25-15-26(17-40)19-41(50,18-25)23-40)11-12-34(44-35)46-14-13-27-7-6-8-30(31(27)22-46)36(48)45-38-43-32-9-4-5-10-33(32)52-38/h4-12,20-21,25-26,50H,13-19,22-24H2,1-3H3,(H,43,45,48). The predicted molar refractivity (Wildman–Crippen MR) is 201 cm³/mol. The molecule has 11 heteroatoms. The molecule has 10 nitrogen and oxygen atoms in total. The van der Waals surface area contributed by atoms with E-state index in [9.17, 15) is 14.7 Å². The average Bonchev–Trinajstić information content (AvgIpc) is 3.71. The van der Waals surface area contributed by atoms with Gasteiger partial charge in [-0.05, 0) is 124 Å². The van der Waals surface area contributed by atoms with E-state index >= 15 is 0 Å². The Morgan fingerprint density at radius 1 is 1.02 bits per heavy atom. The first-order valence-electron chi connectivity index (χ1n) is 18.4. The molecule has 52 heavy (non-hydrogen) atoms. The van der Waals surface area contributed by atoms with Crippen LogP contribution in [-0.4, -0.2) is 54.5 Å². The molecule has 1 aliphatic heterocycles. The lowest BCUT2D eigenvalue weighted by atomic mass is 9.48. The van der Waals surface area contributed by atoms with Gasteiger partial charge in [-0.1, -0.05) is 35.6 Å². The maximum Gasteiger partial charge on any atom is 0.358 e. The molecule has 268 valence electrons. The number of ether oxygens (including phenoxy) is 1. The fourth-order valence-corrected chi connectivity index (χ4v) is 10.8. The Bertz CT molecular complexity index is 2170. The van der Waals surface area contributed by atoms with E-state index in [1.165, 1.54) is 17.8 Å². The molecule has 2 N–H and O–H groups in total. The number of esters is 1. The van der Waals surface area contributed by atoms with Gasteiger partial charge in [0, 0.05) is 42.5 Å². The number of pyridine rings is 1. The summed E-state index contributed by atoms with van der Waals surface area (Å²) in [6.07, 6.45) is 10.8. The number of aliphatic hydroxyl groups is 1. The van der Waals surface area contributed by atoms with Crippen molar-refractivity contribution in [3.05, 3.63) is 89.4 Å². The van der Waals surface area contributed by atoms with E-state index in [2.05, 4.69) is 21.3 Å². The zero-order valence-corrected chi connectivity index (χ0v) is 30.7. The number of hydrogen-bond acceptors (Lipinski definition) is 9. The molecule has 0 radical (unpaired) electrons. The van der Waals surface area contributed by atoms with Crippen LogP contribution >= 0.6 is 11.3 Å². The van der Waals surface area contributed by atoms with E-state index in [1.54, 1.807) is 0 Å². The van der Waals surface area contributed by atoms with Crippen LogP contribution in [0, 0.1) is 17.3 Å². The van der Waals surface area contributed by atoms with E-state index in [0.717, 1.165) is 72.0 Å². The number of carbonyl (C=O) groups is 2. The smallest absolute Gasteiger partial charge is 0.358 e. The van der Waals surface area contributed by atoms with Crippen LogP contribution in [0.25, 0.3) is 21.3 Å². The third-order valence-corrected chi connectivity index (χ3v) is 12.4. The monoisotopic (exact) mass is 716 g/mol. The van der Waals surface area contributed by atoms with Crippen LogP contribution in [0.15, 0.2) is 67.0 Å². The minimum atomic E-state index is -0.704. The fourth-order valence-electron chi connectivity index (χ4n) is 9.94. The second-order valence-electron chi connectivity index (χ2n) is 16.7. The van der Waals surface area contributed by atoms with Crippen molar-refractivity contribution >= 4 is 44.4 Å². The van der Waals surface area contributed by atoms with Gasteiger partial charge in [-0.15, -0.1) is 0 Å². The van der Waals surface area contributed by atoms with Crippen LogP contribution in [0.3, 0.4) is 0 Å². The van der Waals surface area contributed by atoms with Gasteiger partial charge in [0.2, 0.25) is 0 Å². The minimum Gasteiger partial charge on any atom is -0.455 e. The Labute approximate surface area is 307 Å². The number of aromatic nitrogens is 4. The van der Waals surface area contributed by atoms with Gasteiger partial charge in [0.05, 0.1) is 22.0 Å². The Morgan fingerprint density at radius 2 is 1.83 bits per heavy atom. The largest absolute Gasteiger partial charge is 0.455 e. The van der Waals surface area contributed by atoms with Crippen LogP contribution in [0.4, 0.5) is 10.9 Å². The second-order valence-corrected chi connectivity index (χ2v) is 17.8. The summed E-state index contributed by atoms with van der Waals surface area (Å²) in [5.41, 5.74) is 4.06. The van der Waals surface area contributed by atoms with E-state index in [1.807, 2.05) is 86.4 Å². The Kier molecular flexibility index (Phi) is 7.82. The van der Waals surface area contributed by atoms with Gasteiger partial charge in [0.1, 0.15) is 11.4 Å². The number of hydrogen-bond donors (Lipinski definition) is 2. The van der Waals surface area contributed by atoms with Crippen molar-refractivity contribution in [1.82, 2.24) is 19.7 Å². The van der Waals surface area contributed by atoms with Gasteiger partial charge >= 0.3 is 5.97 Å². The van der Waals surface area contributed by atoms with E-state index in [4.69, 9.17) is 14.8 Å². The fraction of sp³-hybridized carbons (Fsp3) is 0.439. The molecular weight excluding hydrogens is 673 g/mol. The van der Waals surface area contributed by atoms with Gasteiger partial charge in [-0.3, -0.25) is 14.8 Å². The first kappa shape index (κ1) is 33.2. The van der Waals surface area contributed by atoms with Gasteiger partial charge in [0.15, 0.2) is 10.8 Å². The summed E-state index contributed by atoms with van der Waals surface area (Å²) >= 11 is 1.45. The highest BCUT2D eigenvalue weighted by molar-refractivity contribution is 7.22. The third kappa shape index (κ3) is 6.27. The molecule has 0 saturated heterocycles. The van der Waals surface area contributed by atoms with Crippen molar-refractivity contribution < 1.29 is 19.4 Å². The summed E-state index contributed by atoms with van der Waals surface area (Å²) in [6, 6.07) is 17.6. The van der Waals surface area contributed by atoms with Gasteiger partial charge < -0.3 is 14.7 Å². The third-order valence-electron chi connectivity index (χ3n) is 11.4. The summed E-state index contributed by atoms with van der Waals surface area (Å²) in [4.78, 5) is 39.1. The van der Waals surface area contributed by atoms with Crippen LogP contribution in [0.2, 0.25) is 0 Å². The topological polar surface area (TPSA) is 122 Å². The Hall–Kier alpha value is -4.61. The number of thiazole rings is 1. The van der Waals surface area contributed by atoms with Crippen molar-refractivity contribution in [3.8, 4) is 11.1 Å². The van der Waals surface area contributed by atoms with Crippen molar-refractivity contribution in [3.63, 3.8) is 0 Å². The Morgan fingerprint density at radius 3 is 2.60 bits per heavy atom. The normalized spacial score (nSPS) is 25.0. The molecule has 4 fully saturated rings. The highest BCUT2D eigenvalue weighted by Crippen LogP contribution is 2.62. The van der Waals surface area contributed by atoms with Crippen molar-refractivity contribution in [2.45, 2.75) is 90.0 Å². The molecule has 4 saturated carbocycles. The SMILES string of the molecule is CC(C)(C)OC(=O)c1nc(N2CCc3cccc(C(=O)Nc4nc5ccccc5s4)c3C2)ccc1-c1cnn(CC23CC4CC(CC(O)(C4)C2)C3)c1. The molecule has 10 rings (SSSR count). The number of nitrogens with zero attached hydrogens (tertiary/aromatic N) is 5. The lowest BCUT2D eigenvalue weighted by molar-refractivity contribution is -0.168. The summed E-state index contributed by atoms with van der Waals surface area (Å²) < 4.78 is 8.91. The minimum absolute atomic E-state index is 0.0624. The van der Waals surface area contributed by atoms with Crippen LogP contribution in [-0.2, 0) is 24.2 Å². The first-order valence-corrected chi connectivity index (χ1v) is 19.2. The van der Waals surface area contributed by atoms with Crippen molar-refractivity contribution in [2.24, 2.45) is 17.3 Å². The first-order chi connectivity index (χ1) is 24.9. The molecule has 3 aromatic heterocycles. The molecule has 5 aliphatic rings. The molecule has 0 spiro atoms. The number of benzene rings is 2. The van der Waals surface area contributed by atoms with E-state index in [0.29, 0.717) is 47.0 Å². The summed E-state index contributed by atoms with van der Waals surface area (Å²) in [5, 5.41) is 19.7. The molecule has 2 unspecified atom stereocenters.